The number of pyridine rings is 1. The molecule has 0 radical (unpaired) electrons. The van der Waals surface area contributed by atoms with Gasteiger partial charge in [-0.3, -0.25) is 0 Å². The Labute approximate surface area is 147 Å². The highest BCUT2D eigenvalue weighted by atomic mass is 16.5. The predicted octanol–water partition coefficient (Wildman–Crippen LogP) is 3.73. The number of ether oxygens (including phenoxy) is 1. The lowest BCUT2D eigenvalue weighted by atomic mass is 10.1. The van der Waals surface area contributed by atoms with Crippen LogP contribution in [0.4, 0.5) is 11.5 Å². The molecule has 0 saturated heterocycles. The zero-order valence-electron chi connectivity index (χ0n) is 14.7. The van der Waals surface area contributed by atoms with Crippen LogP contribution in [-0.4, -0.2) is 28.2 Å². The van der Waals surface area contributed by atoms with Crippen LogP contribution in [-0.2, 0) is 7.05 Å². The number of benzene rings is 1. The first-order valence-electron chi connectivity index (χ1n) is 8.22. The van der Waals surface area contributed by atoms with Crippen molar-refractivity contribution in [2.24, 2.45) is 7.05 Å². The standard InChI is InChI=1S/C19H21N5O/c1-14-16(7-6-8-18(14)25-10-5-4-9-20)24(3)19-11-17-15(12-21-19)22-13-23(17)2/h6-8,11-13H,4-5,10H2,1-3H3. The second-order valence-corrected chi connectivity index (χ2v) is 5.96. The minimum absolute atomic E-state index is 0.507. The summed E-state index contributed by atoms with van der Waals surface area (Å²) in [7, 11) is 3.96. The molecular weight excluding hydrogens is 314 g/mol. The van der Waals surface area contributed by atoms with Gasteiger partial charge < -0.3 is 14.2 Å². The average molecular weight is 335 g/mol. The van der Waals surface area contributed by atoms with Gasteiger partial charge in [-0.1, -0.05) is 6.07 Å². The maximum Gasteiger partial charge on any atom is 0.134 e. The SMILES string of the molecule is Cc1c(OCCCC#N)cccc1N(C)c1cc2c(cn1)ncn2C. The Morgan fingerprint density at radius 2 is 2.16 bits per heavy atom. The molecule has 6 heteroatoms. The summed E-state index contributed by atoms with van der Waals surface area (Å²) in [5, 5.41) is 8.61. The van der Waals surface area contributed by atoms with Crippen molar-refractivity contribution < 1.29 is 4.74 Å². The second kappa shape index (κ2) is 7.22. The number of imidazole rings is 1. The van der Waals surface area contributed by atoms with Crippen LogP contribution in [0.1, 0.15) is 18.4 Å². The molecule has 128 valence electrons. The van der Waals surface area contributed by atoms with Crippen molar-refractivity contribution in [1.82, 2.24) is 14.5 Å². The zero-order valence-corrected chi connectivity index (χ0v) is 14.7. The molecule has 0 N–H and O–H groups in total. The number of hydrogen-bond acceptors (Lipinski definition) is 5. The number of anilines is 2. The maximum atomic E-state index is 8.61. The molecule has 0 fully saturated rings. The summed E-state index contributed by atoms with van der Waals surface area (Å²) in [5.41, 5.74) is 4.00. The first-order chi connectivity index (χ1) is 12.1. The van der Waals surface area contributed by atoms with Gasteiger partial charge in [-0.25, -0.2) is 9.97 Å². The second-order valence-electron chi connectivity index (χ2n) is 5.96. The molecule has 0 aliphatic carbocycles. The number of unbranched alkanes of at least 4 members (excludes halogenated alkanes) is 1. The molecule has 2 heterocycles. The van der Waals surface area contributed by atoms with Crippen LogP contribution in [0, 0.1) is 18.3 Å². The van der Waals surface area contributed by atoms with Gasteiger partial charge >= 0.3 is 0 Å². The quantitative estimate of drug-likeness (QED) is 0.642. The Kier molecular flexibility index (Phi) is 4.85. The highest BCUT2D eigenvalue weighted by molar-refractivity contribution is 5.79. The van der Waals surface area contributed by atoms with Gasteiger partial charge in [0.25, 0.3) is 0 Å². The number of aromatic nitrogens is 3. The lowest BCUT2D eigenvalue weighted by Gasteiger charge is -2.22. The lowest BCUT2D eigenvalue weighted by molar-refractivity contribution is 0.311. The van der Waals surface area contributed by atoms with Crippen molar-refractivity contribution in [3.63, 3.8) is 0 Å². The van der Waals surface area contributed by atoms with Gasteiger partial charge in [0, 0.05) is 37.8 Å². The summed E-state index contributed by atoms with van der Waals surface area (Å²) in [6.45, 7) is 2.58. The van der Waals surface area contributed by atoms with Crippen LogP contribution < -0.4 is 9.64 Å². The van der Waals surface area contributed by atoms with Crippen LogP contribution >= 0.6 is 0 Å². The van der Waals surface area contributed by atoms with Gasteiger partial charge in [-0.2, -0.15) is 5.26 Å². The Hall–Kier alpha value is -3.07. The van der Waals surface area contributed by atoms with Crippen LogP contribution in [0.3, 0.4) is 0 Å². The van der Waals surface area contributed by atoms with E-state index < -0.39 is 0 Å². The number of fused-ring (bicyclic) bond motifs is 1. The van der Waals surface area contributed by atoms with Crippen LogP contribution in [0.2, 0.25) is 0 Å². The van der Waals surface area contributed by atoms with Crippen LogP contribution in [0.25, 0.3) is 11.0 Å². The van der Waals surface area contributed by atoms with Gasteiger partial charge in [0.2, 0.25) is 0 Å². The van der Waals surface area contributed by atoms with Gasteiger partial charge in [0.1, 0.15) is 17.1 Å². The van der Waals surface area contributed by atoms with Gasteiger partial charge in [-0.05, 0) is 25.5 Å². The molecule has 2 aromatic heterocycles. The molecule has 0 aliphatic rings. The lowest BCUT2D eigenvalue weighted by Crippen LogP contribution is -2.13. The van der Waals surface area contributed by atoms with Crippen molar-refractivity contribution in [2.75, 3.05) is 18.6 Å². The van der Waals surface area contributed by atoms with Crippen molar-refractivity contribution in [3.8, 4) is 11.8 Å². The van der Waals surface area contributed by atoms with E-state index in [4.69, 9.17) is 10.00 Å². The molecule has 1 aromatic carbocycles. The fourth-order valence-electron chi connectivity index (χ4n) is 2.78. The van der Waals surface area contributed by atoms with Crippen molar-refractivity contribution >= 4 is 22.5 Å². The molecule has 0 aliphatic heterocycles. The highest BCUT2D eigenvalue weighted by Crippen LogP contribution is 2.32. The first-order valence-corrected chi connectivity index (χ1v) is 8.22. The van der Waals surface area contributed by atoms with Crippen molar-refractivity contribution in [2.45, 2.75) is 19.8 Å². The van der Waals surface area contributed by atoms with Crippen molar-refractivity contribution in [3.05, 3.63) is 42.4 Å². The van der Waals surface area contributed by atoms with E-state index in [1.54, 1.807) is 12.5 Å². The highest BCUT2D eigenvalue weighted by Gasteiger charge is 2.13. The van der Waals surface area contributed by atoms with E-state index in [1.165, 1.54) is 0 Å². The third kappa shape index (κ3) is 3.41. The predicted molar refractivity (Wildman–Crippen MR) is 98.1 cm³/mol. The van der Waals surface area contributed by atoms with E-state index in [1.807, 2.05) is 54.8 Å². The van der Waals surface area contributed by atoms with Crippen LogP contribution in [0.15, 0.2) is 36.8 Å². The van der Waals surface area contributed by atoms with Gasteiger partial charge in [-0.15, -0.1) is 0 Å². The number of aryl methyl sites for hydroxylation is 1. The van der Waals surface area contributed by atoms with E-state index in [0.717, 1.165) is 40.3 Å². The summed E-state index contributed by atoms with van der Waals surface area (Å²) >= 11 is 0. The summed E-state index contributed by atoms with van der Waals surface area (Å²) in [6, 6.07) is 10.1. The fraction of sp³-hybridized carbons (Fsp3) is 0.316. The minimum atomic E-state index is 0.507. The van der Waals surface area contributed by atoms with E-state index in [0.29, 0.717) is 13.0 Å². The molecular formula is C19H21N5O. The van der Waals surface area contributed by atoms with Crippen molar-refractivity contribution in [1.29, 1.82) is 5.26 Å². The molecule has 0 amide bonds. The summed E-state index contributed by atoms with van der Waals surface area (Å²) in [6.07, 6.45) is 4.82. The largest absolute Gasteiger partial charge is 0.493 e. The zero-order chi connectivity index (χ0) is 17.8. The topological polar surface area (TPSA) is 67.0 Å². The van der Waals surface area contributed by atoms with E-state index in [9.17, 15) is 0 Å². The number of nitrogens with zero attached hydrogens (tertiary/aromatic N) is 5. The molecule has 0 unspecified atom stereocenters. The van der Waals surface area contributed by atoms with Gasteiger partial charge in [0.15, 0.2) is 0 Å². The monoisotopic (exact) mass is 335 g/mol. The molecule has 6 nitrogen and oxygen atoms in total. The summed E-state index contributed by atoms with van der Waals surface area (Å²) in [5.74, 6) is 1.68. The molecule has 0 saturated carbocycles. The molecule has 0 spiro atoms. The Bertz CT molecular complexity index is 925. The Morgan fingerprint density at radius 3 is 2.96 bits per heavy atom. The Morgan fingerprint density at radius 1 is 1.32 bits per heavy atom. The average Bonchev–Trinajstić information content (AvgIpc) is 3.00. The van der Waals surface area contributed by atoms with E-state index >= 15 is 0 Å². The number of rotatable bonds is 6. The van der Waals surface area contributed by atoms with E-state index in [-0.39, 0.29) is 0 Å². The first kappa shape index (κ1) is 16.8. The molecule has 3 rings (SSSR count). The molecule has 0 bridgehead atoms. The minimum Gasteiger partial charge on any atom is -0.493 e. The molecule has 3 aromatic rings. The number of hydrogen-bond donors (Lipinski definition) is 0. The summed E-state index contributed by atoms with van der Waals surface area (Å²) in [4.78, 5) is 10.9. The third-order valence-corrected chi connectivity index (χ3v) is 4.25. The molecule has 25 heavy (non-hydrogen) atoms. The van der Waals surface area contributed by atoms with E-state index in [2.05, 4.69) is 16.0 Å². The number of nitriles is 1. The van der Waals surface area contributed by atoms with Gasteiger partial charge in [0.05, 0.1) is 30.7 Å². The molecule has 0 atom stereocenters. The summed E-state index contributed by atoms with van der Waals surface area (Å²) < 4.78 is 7.81. The fourth-order valence-corrected chi connectivity index (χ4v) is 2.78. The third-order valence-electron chi connectivity index (χ3n) is 4.25. The Balaban J connectivity index is 1.86. The smallest absolute Gasteiger partial charge is 0.134 e. The normalized spacial score (nSPS) is 10.6. The maximum absolute atomic E-state index is 8.61. The van der Waals surface area contributed by atoms with Crippen LogP contribution in [0.5, 0.6) is 5.75 Å².